The van der Waals surface area contributed by atoms with Crippen LogP contribution in [0.1, 0.15) is 52.0 Å². The summed E-state index contributed by atoms with van der Waals surface area (Å²) in [6, 6.07) is 8.19. The summed E-state index contributed by atoms with van der Waals surface area (Å²) in [4.78, 5) is 11.6. The topological polar surface area (TPSA) is 38.3 Å². The molecular weight excluding hydrogens is 238 g/mol. The van der Waals surface area contributed by atoms with Crippen LogP contribution >= 0.6 is 0 Å². The van der Waals surface area contributed by atoms with Crippen LogP contribution in [0.15, 0.2) is 24.3 Å². The van der Waals surface area contributed by atoms with Gasteiger partial charge in [-0.2, -0.15) is 0 Å². The smallest absolute Gasteiger partial charge is 0.258 e. The van der Waals surface area contributed by atoms with Gasteiger partial charge < -0.3 is 10.1 Å². The maximum Gasteiger partial charge on any atom is 0.258 e. The first-order valence-electron chi connectivity index (χ1n) is 7.08. The van der Waals surface area contributed by atoms with E-state index in [4.69, 9.17) is 4.74 Å². The molecule has 0 heterocycles. The predicted octanol–water partition coefficient (Wildman–Crippen LogP) is 3.49. The summed E-state index contributed by atoms with van der Waals surface area (Å²) in [6.45, 7) is 8.48. The highest BCUT2D eigenvalue weighted by atomic mass is 16.5. The molecule has 1 amide bonds. The minimum Gasteiger partial charge on any atom is -0.484 e. The summed E-state index contributed by atoms with van der Waals surface area (Å²) < 4.78 is 5.47. The third-order valence-electron chi connectivity index (χ3n) is 3.45. The third-order valence-corrected chi connectivity index (χ3v) is 3.45. The van der Waals surface area contributed by atoms with Crippen LogP contribution in [0.5, 0.6) is 5.75 Å². The normalized spacial score (nSPS) is 13.7. The van der Waals surface area contributed by atoms with Crippen molar-refractivity contribution in [2.45, 2.75) is 52.5 Å². The predicted molar refractivity (Wildman–Crippen MR) is 78.5 cm³/mol. The average Bonchev–Trinajstić information content (AvgIpc) is 2.44. The Morgan fingerprint density at radius 3 is 2.32 bits per heavy atom. The van der Waals surface area contributed by atoms with E-state index in [1.807, 2.05) is 26.0 Å². The van der Waals surface area contributed by atoms with Gasteiger partial charge in [0.25, 0.3) is 5.91 Å². The van der Waals surface area contributed by atoms with E-state index in [9.17, 15) is 4.79 Å². The van der Waals surface area contributed by atoms with Crippen LogP contribution in [0.3, 0.4) is 0 Å². The largest absolute Gasteiger partial charge is 0.484 e. The Labute approximate surface area is 116 Å². The average molecular weight is 263 g/mol. The molecule has 1 N–H and O–H groups in total. The molecule has 0 saturated carbocycles. The van der Waals surface area contributed by atoms with Crippen LogP contribution in [0.25, 0.3) is 0 Å². The van der Waals surface area contributed by atoms with Crippen molar-refractivity contribution in [2.24, 2.45) is 0 Å². The first kappa shape index (κ1) is 15.5. The highest BCUT2D eigenvalue weighted by Gasteiger charge is 2.07. The highest BCUT2D eigenvalue weighted by molar-refractivity contribution is 5.77. The zero-order valence-corrected chi connectivity index (χ0v) is 12.4. The van der Waals surface area contributed by atoms with Crippen LogP contribution in [0.2, 0.25) is 0 Å². The standard InChI is InChI=1S/C16H25NO2/c1-5-12(3)14-7-9-15(10-8-14)19-11-16(18)17-13(4)6-2/h7-10,12-13H,5-6,11H2,1-4H3,(H,17,18). The monoisotopic (exact) mass is 263 g/mol. The van der Waals surface area contributed by atoms with Gasteiger partial charge in [-0.3, -0.25) is 4.79 Å². The Hall–Kier alpha value is -1.51. The maximum atomic E-state index is 11.6. The van der Waals surface area contributed by atoms with Crippen LogP contribution in [-0.4, -0.2) is 18.6 Å². The molecule has 2 unspecified atom stereocenters. The second kappa shape index (κ2) is 7.82. The number of benzene rings is 1. The molecule has 3 nitrogen and oxygen atoms in total. The van der Waals surface area contributed by atoms with Crippen molar-refractivity contribution < 1.29 is 9.53 Å². The molecule has 1 aromatic carbocycles. The van der Waals surface area contributed by atoms with Crippen LogP contribution < -0.4 is 10.1 Å². The number of rotatable bonds is 7. The fourth-order valence-corrected chi connectivity index (χ4v) is 1.70. The molecule has 1 rings (SSSR count). The van der Waals surface area contributed by atoms with Gasteiger partial charge in [0.2, 0.25) is 0 Å². The molecule has 2 atom stereocenters. The van der Waals surface area contributed by atoms with E-state index in [2.05, 4.69) is 31.3 Å². The Bertz CT molecular complexity index is 386. The SMILES string of the molecule is CCC(C)NC(=O)COc1ccc(C(C)CC)cc1. The molecule has 0 spiro atoms. The van der Waals surface area contributed by atoms with Crippen molar-refractivity contribution in [2.75, 3.05) is 6.61 Å². The number of hydrogen-bond donors (Lipinski definition) is 1. The summed E-state index contributed by atoms with van der Waals surface area (Å²) in [6.07, 6.45) is 2.05. The van der Waals surface area contributed by atoms with Crippen LogP contribution in [0.4, 0.5) is 0 Å². The fourth-order valence-electron chi connectivity index (χ4n) is 1.70. The van der Waals surface area contributed by atoms with E-state index in [1.54, 1.807) is 0 Å². The zero-order chi connectivity index (χ0) is 14.3. The van der Waals surface area contributed by atoms with Crippen LogP contribution in [-0.2, 0) is 4.79 Å². The molecule has 3 heteroatoms. The second-order valence-electron chi connectivity index (χ2n) is 5.04. The van der Waals surface area contributed by atoms with Crippen molar-refractivity contribution in [1.29, 1.82) is 0 Å². The molecule has 0 fully saturated rings. The molecule has 1 aromatic rings. The van der Waals surface area contributed by atoms with E-state index in [0.29, 0.717) is 5.92 Å². The number of hydrogen-bond acceptors (Lipinski definition) is 2. The molecule has 0 aliphatic carbocycles. The number of carbonyl (C=O) groups is 1. The van der Waals surface area contributed by atoms with Crippen molar-refractivity contribution >= 4 is 5.91 Å². The molecule has 106 valence electrons. The summed E-state index contributed by atoms with van der Waals surface area (Å²) >= 11 is 0. The lowest BCUT2D eigenvalue weighted by Gasteiger charge is -2.13. The van der Waals surface area contributed by atoms with E-state index < -0.39 is 0 Å². The number of amides is 1. The minimum absolute atomic E-state index is 0.0691. The van der Waals surface area contributed by atoms with E-state index in [0.717, 1.165) is 18.6 Å². The lowest BCUT2D eigenvalue weighted by atomic mass is 9.99. The summed E-state index contributed by atoms with van der Waals surface area (Å²) in [5.74, 6) is 1.23. The van der Waals surface area contributed by atoms with Crippen molar-refractivity contribution in [1.82, 2.24) is 5.32 Å². The van der Waals surface area contributed by atoms with Gasteiger partial charge in [0.05, 0.1) is 0 Å². The fraction of sp³-hybridized carbons (Fsp3) is 0.562. The van der Waals surface area contributed by atoms with E-state index in [1.165, 1.54) is 5.56 Å². The molecule has 0 aliphatic heterocycles. The summed E-state index contributed by atoms with van der Waals surface area (Å²) in [5, 5.41) is 2.87. The number of nitrogens with one attached hydrogen (secondary N) is 1. The van der Waals surface area contributed by atoms with Gasteiger partial charge in [-0.15, -0.1) is 0 Å². The number of carbonyl (C=O) groups excluding carboxylic acids is 1. The number of ether oxygens (including phenoxy) is 1. The van der Waals surface area contributed by atoms with Gasteiger partial charge in [-0.05, 0) is 43.4 Å². The van der Waals surface area contributed by atoms with E-state index in [-0.39, 0.29) is 18.6 Å². The second-order valence-corrected chi connectivity index (χ2v) is 5.04. The van der Waals surface area contributed by atoms with E-state index >= 15 is 0 Å². The lowest BCUT2D eigenvalue weighted by Crippen LogP contribution is -2.35. The van der Waals surface area contributed by atoms with Crippen LogP contribution in [0, 0.1) is 0 Å². The van der Waals surface area contributed by atoms with Gasteiger partial charge in [-0.1, -0.05) is 32.9 Å². The first-order valence-corrected chi connectivity index (χ1v) is 7.08. The molecule has 0 aliphatic rings. The molecule has 19 heavy (non-hydrogen) atoms. The molecule has 0 bridgehead atoms. The van der Waals surface area contributed by atoms with Crippen molar-refractivity contribution in [3.63, 3.8) is 0 Å². The van der Waals surface area contributed by atoms with Crippen molar-refractivity contribution in [3.05, 3.63) is 29.8 Å². The Morgan fingerprint density at radius 2 is 1.79 bits per heavy atom. The van der Waals surface area contributed by atoms with Gasteiger partial charge in [-0.25, -0.2) is 0 Å². The maximum absolute atomic E-state index is 11.6. The molecular formula is C16H25NO2. The minimum atomic E-state index is -0.0691. The molecule has 0 saturated heterocycles. The van der Waals surface area contributed by atoms with Gasteiger partial charge in [0.1, 0.15) is 5.75 Å². The van der Waals surface area contributed by atoms with Gasteiger partial charge >= 0.3 is 0 Å². The van der Waals surface area contributed by atoms with Crippen molar-refractivity contribution in [3.8, 4) is 5.75 Å². The van der Waals surface area contributed by atoms with Gasteiger partial charge in [0, 0.05) is 6.04 Å². The molecule has 0 radical (unpaired) electrons. The third kappa shape index (κ3) is 5.33. The quantitative estimate of drug-likeness (QED) is 0.817. The summed E-state index contributed by atoms with van der Waals surface area (Å²) in [7, 11) is 0. The highest BCUT2D eigenvalue weighted by Crippen LogP contribution is 2.21. The lowest BCUT2D eigenvalue weighted by molar-refractivity contribution is -0.123. The Kier molecular flexibility index (Phi) is 6.40. The molecule has 0 aromatic heterocycles. The Morgan fingerprint density at radius 1 is 1.16 bits per heavy atom. The summed E-state index contributed by atoms with van der Waals surface area (Å²) in [5.41, 5.74) is 1.30. The first-order chi connectivity index (χ1) is 9.06. The van der Waals surface area contributed by atoms with Gasteiger partial charge in [0.15, 0.2) is 6.61 Å². The Balaban J connectivity index is 2.43. The zero-order valence-electron chi connectivity index (χ0n) is 12.4.